The number of aromatic amines is 2. The molecular formula is C4H3N4NaS6. The molecule has 0 fully saturated rings. The number of H-pyrrole nitrogens is 2. The zero-order chi connectivity index (χ0) is 9.97. The number of hydrogen-bond acceptors (Lipinski definition) is 8. The minimum atomic E-state index is 0. The van der Waals surface area contributed by atoms with Crippen molar-refractivity contribution in [3.05, 3.63) is 7.91 Å². The number of nitrogens with one attached hydrogen (secondary N) is 2. The maximum absolute atomic E-state index is 4.91. The van der Waals surface area contributed by atoms with Crippen molar-refractivity contribution in [1.82, 2.24) is 20.4 Å². The summed E-state index contributed by atoms with van der Waals surface area (Å²) in [6.07, 6.45) is 0. The number of rotatable bonds is 3. The molecule has 0 radical (unpaired) electrons. The summed E-state index contributed by atoms with van der Waals surface area (Å²) < 4.78 is 3.15. The fourth-order valence-electron chi connectivity index (χ4n) is 0.575. The Balaban J connectivity index is 0.00000112. The van der Waals surface area contributed by atoms with Crippen molar-refractivity contribution >= 4 is 98.3 Å². The summed E-state index contributed by atoms with van der Waals surface area (Å²) in [5.74, 6) is 0. The fraction of sp³-hybridized carbons (Fsp3) is 0. The second-order valence-corrected chi connectivity index (χ2v) is 7.88. The van der Waals surface area contributed by atoms with Gasteiger partial charge in [0, 0.05) is 0 Å². The molecule has 2 rings (SSSR count). The molecule has 76 valence electrons. The van der Waals surface area contributed by atoms with Gasteiger partial charge in [-0.3, -0.25) is 10.2 Å². The van der Waals surface area contributed by atoms with Gasteiger partial charge in [0.15, 0.2) is 16.6 Å². The third kappa shape index (κ3) is 4.56. The van der Waals surface area contributed by atoms with Gasteiger partial charge in [-0.05, 0) is 46.0 Å². The van der Waals surface area contributed by atoms with Crippen LogP contribution in [0.2, 0.25) is 0 Å². The van der Waals surface area contributed by atoms with Crippen molar-refractivity contribution in [3.63, 3.8) is 0 Å². The molecule has 2 aromatic rings. The van der Waals surface area contributed by atoms with Crippen molar-refractivity contribution in [2.75, 3.05) is 0 Å². The molecule has 2 N–H and O–H groups in total. The van der Waals surface area contributed by atoms with Gasteiger partial charge in [-0.1, -0.05) is 22.7 Å². The van der Waals surface area contributed by atoms with Crippen molar-refractivity contribution in [2.24, 2.45) is 0 Å². The molecule has 0 spiro atoms. The van der Waals surface area contributed by atoms with E-state index in [1.54, 1.807) is 0 Å². The molecule has 4 nitrogen and oxygen atoms in total. The van der Waals surface area contributed by atoms with Gasteiger partial charge in [-0.2, -0.15) is 10.2 Å². The molecule has 0 aromatic carbocycles. The predicted molar refractivity (Wildman–Crippen MR) is 73.5 cm³/mol. The standard InChI is InChI=1S/C4H2N4S6.Na.H/c9-1-5-7-3(11-1)13-14-4-8-6-2(10)12-4;;/h(H,5,9)(H,6,10);;. The average molecular weight is 322 g/mol. The minimum absolute atomic E-state index is 0. The Bertz CT molecular complexity index is 475. The van der Waals surface area contributed by atoms with Gasteiger partial charge in [-0.15, -0.1) is 0 Å². The Morgan fingerprint density at radius 3 is 1.60 bits per heavy atom. The van der Waals surface area contributed by atoms with E-state index in [1.165, 1.54) is 44.3 Å². The van der Waals surface area contributed by atoms with Gasteiger partial charge < -0.3 is 0 Å². The van der Waals surface area contributed by atoms with Crippen LogP contribution in [0.4, 0.5) is 0 Å². The van der Waals surface area contributed by atoms with Gasteiger partial charge in [0.05, 0.1) is 0 Å². The van der Waals surface area contributed by atoms with E-state index in [0.717, 1.165) is 8.68 Å². The van der Waals surface area contributed by atoms with Gasteiger partial charge in [0.25, 0.3) is 0 Å². The van der Waals surface area contributed by atoms with E-state index >= 15 is 0 Å². The summed E-state index contributed by atoms with van der Waals surface area (Å²) in [4.78, 5) is 0. The van der Waals surface area contributed by atoms with Crippen LogP contribution in [0, 0.1) is 7.91 Å². The second-order valence-electron chi connectivity index (χ2n) is 1.92. The molecule has 2 heterocycles. The molecule has 0 unspecified atom stereocenters. The molecule has 2 aromatic heterocycles. The molecule has 0 saturated heterocycles. The quantitative estimate of drug-likeness (QED) is 0.515. The molecule has 0 aliphatic carbocycles. The zero-order valence-electron chi connectivity index (χ0n) is 6.34. The molecule has 0 amide bonds. The monoisotopic (exact) mass is 322 g/mol. The first-order valence-electron chi connectivity index (χ1n) is 3.19. The molecule has 0 aliphatic heterocycles. The topological polar surface area (TPSA) is 57.4 Å². The Morgan fingerprint density at radius 2 is 1.33 bits per heavy atom. The van der Waals surface area contributed by atoms with Crippen LogP contribution in [0.15, 0.2) is 8.68 Å². The summed E-state index contributed by atoms with van der Waals surface area (Å²) in [6.45, 7) is 0. The summed E-state index contributed by atoms with van der Waals surface area (Å²) in [5.41, 5.74) is 0. The number of hydrogen-bond donors (Lipinski definition) is 2. The Kier molecular flexibility index (Phi) is 6.55. The molecule has 11 heteroatoms. The molecule has 0 aliphatic rings. The Morgan fingerprint density at radius 1 is 0.933 bits per heavy atom. The molecule has 0 atom stereocenters. The van der Waals surface area contributed by atoms with Crippen LogP contribution in [-0.4, -0.2) is 50.0 Å². The van der Waals surface area contributed by atoms with Crippen molar-refractivity contribution in [3.8, 4) is 0 Å². The van der Waals surface area contributed by atoms with E-state index in [2.05, 4.69) is 20.4 Å². The van der Waals surface area contributed by atoms with E-state index in [4.69, 9.17) is 24.4 Å². The van der Waals surface area contributed by atoms with Gasteiger partial charge in [-0.25, -0.2) is 0 Å². The van der Waals surface area contributed by atoms with Gasteiger partial charge in [0.2, 0.25) is 0 Å². The third-order valence-corrected chi connectivity index (χ3v) is 6.17. The Labute approximate surface area is 133 Å². The van der Waals surface area contributed by atoms with Crippen LogP contribution in [0.3, 0.4) is 0 Å². The van der Waals surface area contributed by atoms with Crippen LogP contribution in [0.1, 0.15) is 0 Å². The fourth-order valence-corrected chi connectivity index (χ4v) is 5.10. The first-order chi connectivity index (χ1) is 6.74. The Hall–Kier alpha value is 1.26. The summed E-state index contributed by atoms with van der Waals surface area (Å²) >= 11 is 12.7. The van der Waals surface area contributed by atoms with Gasteiger partial charge >= 0.3 is 29.6 Å². The summed E-state index contributed by atoms with van der Waals surface area (Å²) in [7, 11) is 3.03. The van der Waals surface area contributed by atoms with Crippen LogP contribution in [0.25, 0.3) is 0 Å². The summed E-state index contributed by atoms with van der Waals surface area (Å²) in [5, 5.41) is 13.4. The first-order valence-corrected chi connectivity index (χ1v) is 7.79. The van der Waals surface area contributed by atoms with Crippen LogP contribution in [-0.2, 0) is 0 Å². The molecular weight excluding hydrogens is 319 g/mol. The van der Waals surface area contributed by atoms with Crippen LogP contribution < -0.4 is 0 Å². The number of aromatic nitrogens is 4. The summed E-state index contributed by atoms with van der Waals surface area (Å²) in [6, 6.07) is 0. The maximum atomic E-state index is 4.91. The van der Waals surface area contributed by atoms with E-state index in [-0.39, 0.29) is 29.6 Å². The van der Waals surface area contributed by atoms with E-state index in [0.29, 0.717) is 7.91 Å². The van der Waals surface area contributed by atoms with Crippen molar-refractivity contribution in [2.45, 2.75) is 8.68 Å². The number of nitrogens with zero attached hydrogens (tertiary/aromatic N) is 2. The molecule has 0 bridgehead atoms. The second kappa shape index (κ2) is 6.87. The SMILES string of the molecule is S=c1[nH]nc(SSc2n[nH]c(=S)s2)s1.[NaH]. The van der Waals surface area contributed by atoms with Gasteiger partial charge in [0.1, 0.15) is 0 Å². The molecule has 0 saturated carbocycles. The van der Waals surface area contributed by atoms with Crippen molar-refractivity contribution in [1.29, 1.82) is 0 Å². The molecule has 15 heavy (non-hydrogen) atoms. The van der Waals surface area contributed by atoms with Crippen molar-refractivity contribution < 1.29 is 0 Å². The predicted octanol–water partition coefficient (Wildman–Crippen LogP) is 2.87. The van der Waals surface area contributed by atoms with Crippen LogP contribution >= 0.6 is 68.7 Å². The van der Waals surface area contributed by atoms with E-state index < -0.39 is 0 Å². The first kappa shape index (κ1) is 14.3. The van der Waals surface area contributed by atoms with E-state index in [1.807, 2.05) is 0 Å². The zero-order valence-corrected chi connectivity index (χ0v) is 11.2. The average Bonchev–Trinajstić information content (AvgIpc) is 2.72. The van der Waals surface area contributed by atoms with E-state index in [9.17, 15) is 0 Å². The van der Waals surface area contributed by atoms with Crippen LogP contribution in [0.5, 0.6) is 0 Å². The normalized spacial score (nSPS) is 9.87. The third-order valence-electron chi connectivity index (χ3n) is 1.02.